The fraction of sp³-hybridized carbons (Fsp3) is 0.148. The highest BCUT2D eigenvalue weighted by Gasteiger charge is 2.49. The maximum Gasteiger partial charge on any atom is 0.301 e. The van der Waals surface area contributed by atoms with Crippen LogP contribution in [-0.4, -0.2) is 36.0 Å². The SMILES string of the molecule is COc1ccc2nc(N3C(=O)C(=O)/C(=C(/O)c4ccc(C)cc4)C3c3ccccc3OC)sc2c1. The van der Waals surface area contributed by atoms with Crippen molar-refractivity contribution in [2.75, 3.05) is 19.1 Å². The largest absolute Gasteiger partial charge is 0.507 e. The minimum absolute atomic E-state index is 0.0137. The van der Waals surface area contributed by atoms with Crippen LogP contribution in [0.2, 0.25) is 0 Å². The van der Waals surface area contributed by atoms with Gasteiger partial charge >= 0.3 is 5.91 Å². The summed E-state index contributed by atoms with van der Waals surface area (Å²) in [6.07, 6.45) is 0. The van der Waals surface area contributed by atoms with Gasteiger partial charge in [0.1, 0.15) is 23.3 Å². The van der Waals surface area contributed by atoms with E-state index in [-0.39, 0.29) is 11.3 Å². The van der Waals surface area contributed by atoms with Crippen LogP contribution in [0.1, 0.15) is 22.7 Å². The third-order valence-electron chi connectivity index (χ3n) is 5.99. The summed E-state index contributed by atoms with van der Waals surface area (Å²) in [6, 6.07) is 18.8. The molecule has 8 heteroatoms. The van der Waals surface area contributed by atoms with Crippen LogP contribution < -0.4 is 14.4 Å². The maximum atomic E-state index is 13.4. The molecule has 1 aliphatic rings. The van der Waals surface area contributed by atoms with Gasteiger partial charge in [-0.1, -0.05) is 59.4 Å². The van der Waals surface area contributed by atoms with Gasteiger partial charge in [0.05, 0.1) is 30.0 Å². The van der Waals surface area contributed by atoms with E-state index in [0.29, 0.717) is 33.3 Å². The summed E-state index contributed by atoms with van der Waals surface area (Å²) in [6.45, 7) is 1.93. The number of anilines is 1. The maximum absolute atomic E-state index is 13.4. The number of rotatable bonds is 5. The molecule has 7 nitrogen and oxygen atoms in total. The lowest BCUT2D eigenvalue weighted by Gasteiger charge is -2.24. The fourth-order valence-electron chi connectivity index (χ4n) is 4.21. The first-order valence-electron chi connectivity index (χ1n) is 10.9. The van der Waals surface area contributed by atoms with Gasteiger partial charge in [0.2, 0.25) is 0 Å². The number of carbonyl (C=O) groups is 2. The lowest BCUT2D eigenvalue weighted by atomic mass is 9.94. The molecule has 1 saturated heterocycles. The van der Waals surface area contributed by atoms with E-state index in [9.17, 15) is 14.7 Å². The first-order valence-corrected chi connectivity index (χ1v) is 11.7. The highest BCUT2D eigenvalue weighted by molar-refractivity contribution is 7.22. The zero-order valence-corrected chi connectivity index (χ0v) is 20.1. The number of carbonyl (C=O) groups excluding carboxylic acids is 2. The molecule has 1 N–H and O–H groups in total. The van der Waals surface area contributed by atoms with Crippen molar-refractivity contribution in [3.05, 3.63) is 89.0 Å². The molecule has 3 aromatic carbocycles. The minimum Gasteiger partial charge on any atom is -0.507 e. The van der Waals surface area contributed by atoms with Gasteiger partial charge < -0.3 is 14.6 Å². The average Bonchev–Trinajstić information content (AvgIpc) is 3.41. The summed E-state index contributed by atoms with van der Waals surface area (Å²) in [5.41, 5.74) is 2.68. The quantitative estimate of drug-likeness (QED) is 0.236. The number of nitrogens with zero attached hydrogens (tertiary/aromatic N) is 2. The lowest BCUT2D eigenvalue weighted by Crippen LogP contribution is -2.29. The molecule has 0 saturated carbocycles. The Balaban J connectivity index is 1.74. The average molecular weight is 487 g/mol. The molecule has 5 rings (SSSR count). The topological polar surface area (TPSA) is 89.0 Å². The molecule has 1 aliphatic heterocycles. The molecule has 4 aromatic rings. The number of benzene rings is 3. The van der Waals surface area contributed by atoms with Crippen LogP contribution in [0.5, 0.6) is 11.5 Å². The fourth-order valence-corrected chi connectivity index (χ4v) is 5.23. The van der Waals surface area contributed by atoms with Crippen LogP contribution >= 0.6 is 11.3 Å². The van der Waals surface area contributed by atoms with Crippen molar-refractivity contribution in [1.82, 2.24) is 4.98 Å². The molecule has 0 bridgehead atoms. The van der Waals surface area contributed by atoms with E-state index >= 15 is 0 Å². The molecule has 1 aromatic heterocycles. The number of aryl methyl sites for hydroxylation is 1. The van der Waals surface area contributed by atoms with Gasteiger partial charge in [-0.05, 0) is 31.2 Å². The van der Waals surface area contributed by atoms with E-state index in [1.54, 1.807) is 55.6 Å². The van der Waals surface area contributed by atoms with Crippen molar-refractivity contribution >= 4 is 44.1 Å². The number of Topliss-reactive ketones (excluding diaryl/α,β-unsaturated/α-hetero) is 1. The van der Waals surface area contributed by atoms with E-state index in [1.807, 2.05) is 25.1 Å². The van der Waals surface area contributed by atoms with Crippen LogP contribution in [0.4, 0.5) is 5.13 Å². The van der Waals surface area contributed by atoms with Gasteiger partial charge in [-0.15, -0.1) is 0 Å². The number of hydrogen-bond donors (Lipinski definition) is 1. The summed E-state index contributed by atoms with van der Waals surface area (Å²) in [5, 5.41) is 11.6. The number of para-hydroxylation sites is 1. The Morgan fingerprint density at radius 3 is 2.46 bits per heavy atom. The monoisotopic (exact) mass is 486 g/mol. The van der Waals surface area contributed by atoms with Crippen LogP contribution in [-0.2, 0) is 9.59 Å². The van der Waals surface area contributed by atoms with Crippen molar-refractivity contribution in [1.29, 1.82) is 0 Å². The molecule has 35 heavy (non-hydrogen) atoms. The number of fused-ring (bicyclic) bond motifs is 1. The number of aliphatic hydroxyl groups excluding tert-OH is 1. The molecule has 1 atom stereocenters. The summed E-state index contributed by atoms with van der Waals surface area (Å²) >= 11 is 1.27. The van der Waals surface area contributed by atoms with E-state index in [1.165, 1.54) is 23.3 Å². The Kier molecular flexibility index (Phi) is 5.74. The Labute approximate surface area is 205 Å². The second-order valence-corrected chi connectivity index (χ2v) is 9.12. The van der Waals surface area contributed by atoms with Gasteiger partial charge in [-0.3, -0.25) is 14.5 Å². The Morgan fingerprint density at radius 1 is 1.00 bits per heavy atom. The smallest absolute Gasteiger partial charge is 0.301 e. The number of hydrogen-bond acceptors (Lipinski definition) is 7. The van der Waals surface area contributed by atoms with Crippen molar-refractivity contribution in [3.63, 3.8) is 0 Å². The van der Waals surface area contributed by atoms with Crippen molar-refractivity contribution in [2.24, 2.45) is 0 Å². The van der Waals surface area contributed by atoms with E-state index < -0.39 is 17.7 Å². The normalized spacial score (nSPS) is 17.2. The van der Waals surface area contributed by atoms with E-state index in [2.05, 4.69) is 4.98 Å². The van der Waals surface area contributed by atoms with Crippen molar-refractivity contribution < 1.29 is 24.2 Å². The van der Waals surface area contributed by atoms with Gasteiger partial charge in [0.25, 0.3) is 5.78 Å². The van der Waals surface area contributed by atoms with Gasteiger partial charge in [-0.25, -0.2) is 4.98 Å². The van der Waals surface area contributed by atoms with Gasteiger partial charge in [0.15, 0.2) is 5.13 Å². The number of aliphatic hydroxyl groups is 1. The van der Waals surface area contributed by atoms with Crippen LogP contribution in [0.3, 0.4) is 0 Å². The van der Waals surface area contributed by atoms with Crippen LogP contribution in [0.25, 0.3) is 16.0 Å². The molecule has 0 spiro atoms. The minimum atomic E-state index is -0.921. The number of methoxy groups -OCH3 is 2. The standard InChI is InChI=1S/C27H22N2O5S/c1-15-8-10-16(11-9-15)24(30)22-23(18-6-4-5-7-20(18)34-3)29(26(32)25(22)31)27-28-19-13-12-17(33-2)14-21(19)35-27/h4-14,23,30H,1-3H3/b24-22+. The molecular formula is C27H22N2O5S. The third-order valence-corrected chi connectivity index (χ3v) is 7.01. The zero-order chi connectivity index (χ0) is 24.7. The number of ether oxygens (including phenoxy) is 2. The molecular weight excluding hydrogens is 464 g/mol. The Hall–Kier alpha value is -4.17. The molecule has 1 amide bonds. The first-order chi connectivity index (χ1) is 16.9. The van der Waals surface area contributed by atoms with E-state index in [4.69, 9.17) is 9.47 Å². The molecule has 1 fully saturated rings. The van der Waals surface area contributed by atoms with Crippen molar-refractivity contribution in [3.8, 4) is 11.5 Å². The first kappa shape index (κ1) is 22.6. The molecule has 176 valence electrons. The van der Waals surface area contributed by atoms with Crippen LogP contribution in [0, 0.1) is 6.92 Å². The number of aromatic nitrogens is 1. The Morgan fingerprint density at radius 2 is 1.74 bits per heavy atom. The lowest BCUT2D eigenvalue weighted by molar-refractivity contribution is -0.132. The second kappa shape index (κ2) is 8.88. The van der Waals surface area contributed by atoms with Crippen molar-refractivity contribution in [2.45, 2.75) is 13.0 Å². The van der Waals surface area contributed by atoms with Gasteiger partial charge in [-0.2, -0.15) is 0 Å². The predicted molar refractivity (Wildman–Crippen MR) is 135 cm³/mol. The summed E-state index contributed by atoms with van der Waals surface area (Å²) in [4.78, 5) is 32.8. The van der Waals surface area contributed by atoms with Gasteiger partial charge in [0, 0.05) is 11.1 Å². The number of amides is 1. The summed E-state index contributed by atoms with van der Waals surface area (Å²) in [5.74, 6) is -0.640. The second-order valence-electron chi connectivity index (χ2n) is 8.11. The summed E-state index contributed by atoms with van der Waals surface area (Å²) < 4.78 is 11.7. The molecule has 0 aliphatic carbocycles. The highest BCUT2D eigenvalue weighted by Crippen LogP contribution is 2.46. The zero-order valence-electron chi connectivity index (χ0n) is 19.3. The molecule has 0 radical (unpaired) electrons. The molecule has 1 unspecified atom stereocenters. The number of ketones is 1. The van der Waals surface area contributed by atoms with Crippen LogP contribution in [0.15, 0.2) is 72.3 Å². The predicted octanol–water partition coefficient (Wildman–Crippen LogP) is 5.25. The molecule has 2 heterocycles. The highest BCUT2D eigenvalue weighted by atomic mass is 32.1. The number of thiazole rings is 1. The van der Waals surface area contributed by atoms with E-state index in [0.717, 1.165) is 10.3 Å². The summed E-state index contributed by atoms with van der Waals surface area (Å²) in [7, 11) is 3.10. The third kappa shape index (κ3) is 3.81. The Bertz CT molecular complexity index is 1490.